The van der Waals surface area contributed by atoms with Crippen molar-refractivity contribution in [1.29, 1.82) is 0 Å². The van der Waals surface area contributed by atoms with Crippen LogP contribution in [0.25, 0.3) is 11.2 Å². The minimum Gasteiger partial charge on any atom is -0.395 e. The molecule has 0 saturated carbocycles. The average Bonchev–Trinajstić information content (AvgIpc) is 2.53. The molecule has 0 aromatic carbocycles. The highest BCUT2D eigenvalue weighted by Gasteiger charge is 2.17. The molecule has 2 aromatic rings. The number of rotatable bonds is 3. The molecule has 2 heterocycles. The minimum atomic E-state index is -0.279. The number of anilines is 1. The molecule has 0 aliphatic heterocycles. The van der Waals surface area contributed by atoms with Gasteiger partial charge in [-0.3, -0.25) is 9.13 Å². The highest BCUT2D eigenvalue weighted by molar-refractivity contribution is 6.33. The number of fused-ring (bicyclic) bond motifs is 1. The van der Waals surface area contributed by atoms with E-state index in [1.165, 1.54) is 9.13 Å². The first kappa shape index (κ1) is 11.9. The maximum Gasteiger partial charge on any atom is 0.330 e. The van der Waals surface area contributed by atoms with Crippen LogP contribution in [0.15, 0.2) is 4.79 Å². The molecule has 0 fully saturated rings. The zero-order valence-electron chi connectivity index (χ0n) is 9.22. The molecule has 92 valence electrons. The molecule has 3 N–H and O–H groups in total. The second kappa shape index (κ2) is 4.34. The van der Waals surface area contributed by atoms with Crippen LogP contribution in [0, 0.1) is 0 Å². The summed E-state index contributed by atoms with van der Waals surface area (Å²) in [7, 11) is 0. The molecule has 0 aliphatic carbocycles. The first-order valence-corrected chi connectivity index (χ1v) is 5.50. The Morgan fingerprint density at radius 3 is 2.71 bits per heavy atom. The van der Waals surface area contributed by atoms with Gasteiger partial charge in [-0.25, -0.2) is 4.79 Å². The molecule has 8 heteroatoms. The molecular weight excluding hydrogens is 246 g/mol. The Morgan fingerprint density at radius 1 is 1.41 bits per heavy atom. The number of hydrogen-bond acceptors (Lipinski definition) is 5. The molecule has 0 radical (unpaired) electrons. The van der Waals surface area contributed by atoms with Crippen LogP contribution in [0.1, 0.15) is 6.92 Å². The Morgan fingerprint density at radius 2 is 2.12 bits per heavy atom. The third-order valence-electron chi connectivity index (χ3n) is 2.47. The van der Waals surface area contributed by atoms with Crippen molar-refractivity contribution in [2.75, 3.05) is 12.3 Å². The smallest absolute Gasteiger partial charge is 0.330 e. The maximum atomic E-state index is 12.0. The summed E-state index contributed by atoms with van der Waals surface area (Å²) >= 11 is 5.97. The summed E-state index contributed by atoms with van der Waals surface area (Å²) in [6, 6.07) is 0. The molecular formula is C9H12ClN5O2. The first-order valence-electron chi connectivity index (χ1n) is 5.13. The van der Waals surface area contributed by atoms with Crippen molar-refractivity contribution in [3.05, 3.63) is 15.6 Å². The van der Waals surface area contributed by atoms with Gasteiger partial charge in [0.1, 0.15) is 5.52 Å². The number of aromatic nitrogens is 4. The fourth-order valence-corrected chi connectivity index (χ4v) is 2.05. The number of nitrogen functional groups attached to an aromatic ring is 1. The SMILES string of the molecule is CCn1c(=O)n(CCO)c2nc(N)nc(Cl)c21. The van der Waals surface area contributed by atoms with Gasteiger partial charge in [0.05, 0.1) is 13.2 Å². The van der Waals surface area contributed by atoms with E-state index in [1.807, 2.05) is 6.92 Å². The molecule has 7 nitrogen and oxygen atoms in total. The topological polar surface area (TPSA) is 99.0 Å². The molecule has 0 atom stereocenters. The summed E-state index contributed by atoms with van der Waals surface area (Å²) in [5.74, 6) is 0.00226. The Hall–Kier alpha value is -1.60. The lowest BCUT2D eigenvalue weighted by molar-refractivity contribution is 0.275. The lowest BCUT2D eigenvalue weighted by atomic mass is 10.5. The fourth-order valence-electron chi connectivity index (χ4n) is 1.78. The van der Waals surface area contributed by atoms with Gasteiger partial charge < -0.3 is 10.8 Å². The summed E-state index contributed by atoms with van der Waals surface area (Å²) in [4.78, 5) is 19.8. The van der Waals surface area contributed by atoms with Crippen LogP contribution in [0.4, 0.5) is 5.95 Å². The highest BCUT2D eigenvalue weighted by atomic mass is 35.5. The van der Waals surface area contributed by atoms with Gasteiger partial charge in [0.2, 0.25) is 5.95 Å². The molecule has 0 bridgehead atoms. The third-order valence-corrected chi connectivity index (χ3v) is 2.73. The lowest BCUT2D eigenvalue weighted by Gasteiger charge is -2.00. The van der Waals surface area contributed by atoms with Gasteiger partial charge >= 0.3 is 5.69 Å². The van der Waals surface area contributed by atoms with Crippen molar-refractivity contribution >= 4 is 28.7 Å². The van der Waals surface area contributed by atoms with E-state index in [4.69, 9.17) is 22.4 Å². The number of nitrogens with zero attached hydrogens (tertiary/aromatic N) is 4. The van der Waals surface area contributed by atoms with E-state index < -0.39 is 0 Å². The van der Waals surface area contributed by atoms with Crippen LogP contribution in [0.3, 0.4) is 0 Å². The van der Waals surface area contributed by atoms with E-state index in [0.717, 1.165) is 0 Å². The Kier molecular flexibility index (Phi) is 3.03. The molecule has 0 spiro atoms. The third kappa shape index (κ3) is 1.77. The van der Waals surface area contributed by atoms with Crippen molar-refractivity contribution in [3.63, 3.8) is 0 Å². The molecule has 0 amide bonds. The second-order valence-corrected chi connectivity index (χ2v) is 3.80. The molecule has 17 heavy (non-hydrogen) atoms. The van der Waals surface area contributed by atoms with Gasteiger partial charge in [-0.05, 0) is 6.92 Å². The van der Waals surface area contributed by atoms with Crippen molar-refractivity contribution < 1.29 is 5.11 Å². The standard InChI is InChI=1S/C9H12ClN5O2/c1-2-14-5-6(10)12-8(11)13-7(5)15(3-4-16)9(14)17/h16H,2-4H2,1H3,(H2,11,12,13). The quantitative estimate of drug-likeness (QED) is 0.745. The lowest BCUT2D eigenvalue weighted by Crippen LogP contribution is -2.25. The van der Waals surface area contributed by atoms with Crippen LogP contribution in [-0.2, 0) is 13.1 Å². The molecule has 0 aliphatic rings. The van der Waals surface area contributed by atoms with Crippen LogP contribution in [-0.4, -0.2) is 30.8 Å². The fraction of sp³-hybridized carbons (Fsp3) is 0.444. The van der Waals surface area contributed by atoms with E-state index in [1.54, 1.807) is 0 Å². The Balaban J connectivity index is 2.90. The van der Waals surface area contributed by atoms with Crippen LogP contribution >= 0.6 is 11.6 Å². The summed E-state index contributed by atoms with van der Waals surface area (Å²) in [5.41, 5.74) is 6.01. The summed E-state index contributed by atoms with van der Waals surface area (Å²) < 4.78 is 2.79. The normalized spacial score (nSPS) is 11.2. The van der Waals surface area contributed by atoms with Gasteiger partial charge in [0.15, 0.2) is 10.8 Å². The minimum absolute atomic E-state index is 0.00226. The molecule has 2 aromatic heterocycles. The van der Waals surface area contributed by atoms with Crippen molar-refractivity contribution in [2.24, 2.45) is 0 Å². The monoisotopic (exact) mass is 257 g/mol. The van der Waals surface area contributed by atoms with Gasteiger partial charge in [0.25, 0.3) is 0 Å². The number of halogens is 1. The van der Waals surface area contributed by atoms with Gasteiger partial charge in [-0.2, -0.15) is 9.97 Å². The predicted molar refractivity (Wildman–Crippen MR) is 64.0 cm³/mol. The average molecular weight is 258 g/mol. The van der Waals surface area contributed by atoms with E-state index in [-0.39, 0.29) is 29.9 Å². The van der Waals surface area contributed by atoms with Crippen molar-refractivity contribution in [3.8, 4) is 0 Å². The first-order chi connectivity index (χ1) is 8.10. The summed E-state index contributed by atoms with van der Waals surface area (Å²) in [6.07, 6.45) is 0. The number of aryl methyl sites for hydroxylation is 1. The van der Waals surface area contributed by atoms with Gasteiger partial charge in [-0.1, -0.05) is 11.6 Å². The summed E-state index contributed by atoms with van der Waals surface area (Å²) in [6.45, 7) is 2.25. The molecule has 0 unspecified atom stereocenters. The van der Waals surface area contributed by atoms with Crippen molar-refractivity contribution in [1.82, 2.24) is 19.1 Å². The van der Waals surface area contributed by atoms with E-state index >= 15 is 0 Å². The predicted octanol–water partition coefficient (Wildman–Crippen LogP) is -0.159. The second-order valence-electron chi connectivity index (χ2n) is 3.45. The van der Waals surface area contributed by atoms with E-state index in [9.17, 15) is 4.79 Å². The molecule has 0 saturated heterocycles. The number of aliphatic hydroxyl groups is 1. The van der Waals surface area contributed by atoms with Crippen molar-refractivity contribution in [2.45, 2.75) is 20.0 Å². The van der Waals surface area contributed by atoms with Gasteiger partial charge in [0, 0.05) is 6.54 Å². The number of aliphatic hydroxyl groups excluding tert-OH is 1. The van der Waals surface area contributed by atoms with Gasteiger partial charge in [-0.15, -0.1) is 0 Å². The summed E-state index contributed by atoms with van der Waals surface area (Å²) in [5, 5.41) is 9.09. The number of hydrogen-bond donors (Lipinski definition) is 2. The number of nitrogens with two attached hydrogens (primary N) is 1. The zero-order valence-corrected chi connectivity index (χ0v) is 9.98. The highest BCUT2D eigenvalue weighted by Crippen LogP contribution is 2.20. The van der Waals surface area contributed by atoms with Crippen LogP contribution in [0.2, 0.25) is 5.15 Å². The van der Waals surface area contributed by atoms with E-state index in [2.05, 4.69) is 9.97 Å². The maximum absolute atomic E-state index is 12.0. The zero-order chi connectivity index (χ0) is 12.6. The Bertz CT molecular complexity index is 618. The molecule has 2 rings (SSSR count). The van der Waals surface area contributed by atoms with Crippen LogP contribution in [0.5, 0.6) is 0 Å². The Labute approximate surface area is 101 Å². The largest absolute Gasteiger partial charge is 0.395 e. The van der Waals surface area contributed by atoms with E-state index in [0.29, 0.717) is 17.7 Å². The van der Waals surface area contributed by atoms with Crippen LogP contribution < -0.4 is 11.4 Å². The number of imidazole rings is 1.